The zero-order chi connectivity index (χ0) is 11.2. The molecule has 6 heteroatoms. The Kier molecular flexibility index (Phi) is 2.67. The fourth-order valence-electron chi connectivity index (χ4n) is 1.46. The Labute approximate surface area is 107 Å². The van der Waals surface area contributed by atoms with Gasteiger partial charge in [0, 0.05) is 11.1 Å². The van der Waals surface area contributed by atoms with Gasteiger partial charge in [-0.2, -0.15) is 0 Å². The summed E-state index contributed by atoms with van der Waals surface area (Å²) in [4.78, 5) is 11.9. The molecule has 0 saturated carbocycles. The number of thiocarbonyl (C=S) groups is 1. The molecule has 1 aromatic carbocycles. The molecule has 1 aliphatic heterocycles. The molecule has 1 N–H and O–H groups in total. The van der Waals surface area contributed by atoms with Crippen molar-refractivity contribution in [2.75, 3.05) is 0 Å². The van der Waals surface area contributed by atoms with Gasteiger partial charge in [0.25, 0.3) is 5.91 Å². The number of benzene rings is 1. The van der Waals surface area contributed by atoms with Crippen LogP contribution in [-0.4, -0.2) is 10.9 Å². The van der Waals surface area contributed by atoms with Crippen LogP contribution >= 0.6 is 47.0 Å². The smallest absolute Gasteiger partial charge is 0.257 e. The third-order valence-corrected chi connectivity index (χ3v) is 3.00. The summed E-state index contributed by atoms with van der Waals surface area (Å²) in [6.45, 7) is 0. The topological polar surface area (TPSA) is 29.1 Å². The summed E-state index contributed by atoms with van der Waals surface area (Å²) in [5, 5.41) is 2.51. The normalized spacial score (nSPS) is 15.1. The molecule has 0 bridgehead atoms. The highest BCUT2D eigenvalue weighted by molar-refractivity contribution is 7.80. The van der Waals surface area contributed by atoms with Gasteiger partial charge in [0.15, 0.2) is 0 Å². The van der Waals surface area contributed by atoms with E-state index in [1.807, 2.05) is 0 Å². The summed E-state index contributed by atoms with van der Waals surface area (Å²) in [5.74, 6) is -0.322. The van der Waals surface area contributed by atoms with Crippen LogP contribution in [0.1, 0.15) is 21.5 Å². The molecule has 1 amide bonds. The predicted octanol–water partition coefficient (Wildman–Crippen LogP) is 2.93. The van der Waals surface area contributed by atoms with Crippen molar-refractivity contribution in [3.8, 4) is 0 Å². The molecular formula is C9H4Cl3NOS. The predicted molar refractivity (Wildman–Crippen MR) is 64.8 cm³/mol. The van der Waals surface area contributed by atoms with Gasteiger partial charge in [-0.05, 0) is 0 Å². The Morgan fingerprint density at radius 2 is 1.93 bits per heavy atom. The molecule has 78 valence electrons. The zero-order valence-electron chi connectivity index (χ0n) is 7.18. The lowest BCUT2D eigenvalue weighted by atomic mass is 10.0. The molecule has 1 aliphatic rings. The van der Waals surface area contributed by atoms with E-state index in [0.29, 0.717) is 21.7 Å². The van der Waals surface area contributed by atoms with Crippen LogP contribution in [-0.2, 0) is 3.79 Å². The van der Waals surface area contributed by atoms with Crippen molar-refractivity contribution in [3.05, 3.63) is 34.9 Å². The van der Waals surface area contributed by atoms with Crippen LogP contribution in [0.3, 0.4) is 0 Å². The molecule has 15 heavy (non-hydrogen) atoms. The Balaban J connectivity index is 2.71. The first kappa shape index (κ1) is 11.1. The highest BCUT2D eigenvalue weighted by Gasteiger charge is 2.34. The van der Waals surface area contributed by atoms with Gasteiger partial charge >= 0.3 is 0 Å². The van der Waals surface area contributed by atoms with Gasteiger partial charge in [0.05, 0.1) is 5.56 Å². The number of nitrogens with one attached hydrogen (secondary N) is 1. The molecule has 0 saturated heterocycles. The van der Waals surface area contributed by atoms with Crippen LogP contribution in [0, 0.1) is 0 Å². The number of hydrogen-bond donors (Lipinski definition) is 1. The summed E-state index contributed by atoms with van der Waals surface area (Å²) in [6, 6.07) is 5.01. The molecule has 0 aromatic heterocycles. The Hall–Kier alpha value is -0.350. The molecule has 1 heterocycles. The fraction of sp³-hybridized carbons (Fsp3) is 0.111. The largest absolute Gasteiger partial charge is 0.312 e. The van der Waals surface area contributed by atoms with E-state index in [-0.39, 0.29) is 5.91 Å². The lowest BCUT2D eigenvalue weighted by Gasteiger charge is -2.13. The number of carbonyl (C=O) groups excluding carboxylic acids is 1. The average Bonchev–Trinajstić information content (AvgIpc) is 2.41. The minimum absolute atomic E-state index is 0.322. The number of rotatable bonds is 0. The maximum atomic E-state index is 11.6. The molecule has 1 aromatic rings. The SMILES string of the molecule is O=C1NC(=S)c2cccc(C(Cl)(Cl)Cl)c21. The first-order valence-electron chi connectivity index (χ1n) is 3.97. The summed E-state index contributed by atoms with van der Waals surface area (Å²) in [5.41, 5.74) is 1.31. The highest BCUT2D eigenvalue weighted by atomic mass is 35.6. The van der Waals surface area contributed by atoms with E-state index in [2.05, 4.69) is 5.32 Å². The molecule has 0 aliphatic carbocycles. The van der Waals surface area contributed by atoms with E-state index < -0.39 is 3.79 Å². The van der Waals surface area contributed by atoms with Crippen LogP contribution in [0.4, 0.5) is 0 Å². The Bertz CT molecular complexity index is 467. The summed E-state index contributed by atoms with van der Waals surface area (Å²) in [6.07, 6.45) is 0. The van der Waals surface area contributed by atoms with Crippen LogP contribution in [0.2, 0.25) is 0 Å². The Morgan fingerprint density at radius 3 is 2.53 bits per heavy atom. The maximum absolute atomic E-state index is 11.6. The van der Waals surface area contributed by atoms with Crippen molar-refractivity contribution in [2.24, 2.45) is 0 Å². The second-order valence-electron chi connectivity index (χ2n) is 3.01. The molecule has 0 radical (unpaired) electrons. The molecule has 0 fully saturated rings. The minimum atomic E-state index is -1.62. The van der Waals surface area contributed by atoms with E-state index in [1.54, 1.807) is 18.2 Å². The van der Waals surface area contributed by atoms with Gasteiger partial charge in [-0.3, -0.25) is 4.79 Å². The van der Waals surface area contributed by atoms with Gasteiger partial charge < -0.3 is 5.32 Å². The van der Waals surface area contributed by atoms with E-state index >= 15 is 0 Å². The lowest BCUT2D eigenvalue weighted by Crippen LogP contribution is -2.20. The van der Waals surface area contributed by atoms with E-state index in [4.69, 9.17) is 47.0 Å². The number of hydrogen-bond acceptors (Lipinski definition) is 2. The van der Waals surface area contributed by atoms with Crippen molar-refractivity contribution >= 4 is 57.9 Å². The van der Waals surface area contributed by atoms with Crippen molar-refractivity contribution in [1.82, 2.24) is 5.32 Å². The fourth-order valence-corrected chi connectivity index (χ4v) is 2.19. The third kappa shape index (κ3) is 1.85. The first-order valence-corrected chi connectivity index (χ1v) is 5.51. The van der Waals surface area contributed by atoms with Gasteiger partial charge in [-0.15, -0.1) is 0 Å². The molecular weight excluding hydrogens is 277 g/mol. The van der Waals surface area contributed by atoms with Gasteiger partial charge in [0.2, 0.25) is 3.79 Å². The molecule has 0 unspecified atom stereocenters. The molecule has 0 spiro atoms. The highest BCUT2D eigenvalue weighted by Crippen LogP contribution is 2.41. The van der Waals surface area contributed by atoms with E-state index in [1.165, 1.54) is 0 Å². The maximum Gasteiger partial charge on any atom is 0.257 e. The van der Waals surface area contributed by atoms with Crippen LogP contribution < -0.4 is 5.32 Å². The standard InChI is InChI=1S/C9H4Cl3NOS/c10-9(11,12)5-3-1-2-4-6(5)7(14)13-8(4)15/h1-3H,(H,13,14,15). The van der Waals surface area contributed by atoms with E-state index in [0.717, 1.165) is 0 Å². The minimum Gasteiger partial charge on any atom is -0.312 e. The first-order chi connectivity index (χ1) is 6.91. The quantitative estimate of drug-likeness (QED) is 0.585. The molecule has 2 nitrogen and oxygen atoms in total. The average molecular weight is 281 g/mol. The van der Waals surface area contributed by atoms with Crippen molar-refractivity contribution in [3.63, 3.8) is 0 Å². The monoisotopic (exact) mass is 279 g/mol. The number of fused-ring (bicyclic) bond motifs is 1. The van der Waals surface area contributed by atoms with Crippen LogP contribution in [0.5, 0.6) is 0 Å². The Morgan fingerprint density at radius 1 is 1.27 bits per heavy atom. The van der Waals surface area contributed by atoms with E-state index in [9.17, 15) is 4.79 Å². The van der Waals surface area contributed by atoms with Gasteiger partial charge in [-0.25, -0.2) is 0 Å². The zero-order valence-corrected chi connectivity index (χ0v) is 10.3. The number of carbonyl (C=O) groups is 1. The van der Waals surface area contributed by atoms with Crippen molar-refractivity contribution in [1.29, 1.82) is 0 Å². The van der Waals surface area contributed by atoms with Gasteiger partial charge in [-0.1, -0.05) is 65.2 Å². The third-order valence-electron chi connectivity index (χ3n) is 2.07. The lowest BCUT2D eigenvalue weighted by molar-refractivity contribution is 0.0983. The summed E-state index contributed by atoms with van der Waals surface area (Å²) in [7, 11) is 0. The number of alkyl halides is 3. The van der Waals surface area contributed by atoms with Crippen molar-refractivity contribution < 1.29 is 4.79 Å². The van der Waals surface area contributed by atoms with Crippen LogP contribution in [0.15, 0.2) is 18.2 Å². The van der Waals surface area contributed by atoms with Crippen LogP contribution in [0.25, 0.3) is 0 Å². The second-order valence-corrected chi connectivity index (χ2v) is 5.70. The summed E-state index contributed by atoms with van der Waals surface area (Å²) < 4.78 is -1.62. The van der Waals surface area contributed by atoms with Crippen molar-refractivity contribution in [2.45, 2.75) is 3.79 Å². The second kappa shape index (κ2) is 3.59. The number of halogens is 3. The number of amides is 1. The molecule has 0 atom stereocenters. The van der Waals surface area contributed by atoms with Gasteiger partial charge in [0.1, 0.15) is 4.99 Å². The molecule has 2 rings (SSSR count). The summed E-state index contributed by atoms with van der Waals surface area (Å²) >= 11 is 22.3.